The van der Waals surface area contributed by atoms with Crippen LogP contribution in [0.25, 0.3) is 55.8 Å². The van der Waals surface area contributed by atoms with E-state index < -0.39 is 21.7 Å². The van der Waals surface area contributed by atoms with Gasteiger partial charge >= 0.3 is 0 Å². The Kier molecular flexibility index (Phi) is 7.26. The molecule has 0 saturated carbocycles. The highest BCUT2D eigenvalue weighted by atomic mass is 32.2. The van der Waals surface area contributed by atoms with Crippen LogP contribution in [-0.4, -0.2) is 51.8 Å². The molecule has 0 atom stereocenters. The van der Waals surface area contributed by atoms with Crippen LogP contribution in [0.2, 0.25) is 0 Å². The smallest absolute Gasteiger partial charge is 0.255 e. The molecule has 10 nitrogen and oxygen atoms in total. The fourth-order valence-corrected chi connectivity index (χ4v) is 5.77. The van der Waals surface area contributed by atoms with Gasteiger partial charge in [0.1, 0.15) is 28.6 Å². The van der Waals surface area contributed by atoms with Crippen LogP contribution in [0.5, 0.6) is 5.75 Å². The van der Waals surface area contributed by atoms with Crippen LogP contribution in [0.4, 0.5) is 10.1 Å². The van der Waals surface area contributed by atoms with Crippen LogP contribution in [0.3, 0.4) is 0 Å². The number of nitriles is 1. The third-order valence-corrected chi connectivity index (χ3v) is 8.79. The normalized spacial score (nSPS) is 11.5. The van der Waals surface area contributed by atoms with Crippen LogP contribution in [0.15, 0.2) is 77.2 Å². The van der Waals surface area contributed by atoms with E-state index >= 15 is 0 Å². The third kappa shape index (κ3) is 5.13. The van der Waals surface area contributed by atoms with Crippen molar-refractivity contribution >= 4 is 43.5 Å². The number of carbonyl (C=O) groups excluding carboxylic acids is 1. The van der Waals surface area contributed by atoms with Gasteiger partial charge in [0.05, 0.1) is 47.6 Å². The van der Waals surface area contributed by atoms with Crippen molar-refractivity contribution in [1.82, 2.24) is 15.3 Å². The standard InChI is InChI=1S/C33H26FN5O5S/c1-36-33(40)30-23-14-22(27(39(2)45(4,41)42)16-29(23)44-32(30)18-8-10-20(34)11-9-18)25-12-13-28(43-3)31(38-25)26-15-21-19(17-35)6-5-7-24(21)37-26/h5-16,37H,1-4H3,(H,36,40). The maximum absolute atomic E-state index is 13.7. The SMILES string of the molecule is CNC(=O)c1c(-c2ccc(F)cc2)oc2cc(N(C)S(C)(=O)=O)c(-c3ccc(OC)c(-c4cc5c(C#N)cccc5[nH]4)n3)cc12. The number of ether oxygens (including phenoxy) is 1. The first-order valence-corrected chi connectivity index (χ1v) is 15.5. The number of furan rings is 1. The zero-order valence-corrected chi connectivity index (χ0v) is 25.4. The molecule has 0 fully saturated rings. The first kappa shape index (κ1) is 29.4. The third-order valence-electron chi connectivity index (χ3n) is 7.60. The Morgan fingerprint density at radius 1 is 1.09 bits per heavy atom. The van der Waals surface area contributed by atoms with Gasteiger partial charge in [-0.3, -0.25) is 9.10 Å². The van der Waals surface area contributed by atoms with Crippen molar-refractivity contribution in [2.75, 3.05) is 31.8 Å². The lowest BCUT2D eigenvalue weighted by Gasteiger charge is -2.21. The van der Waals surface area contributed by atoms with Gasteiger partial charge in [-0.25, -0.2) is 17.8 Å². The minimum Gasteiger partial charge on any atom is -0.494 e. The van der Waals surface area contributed by atoms with E-state index in [-0.39, 0.29) is 22.6 Å². The number of nitrogens with zero attached hydrogens (tertiary/aromatic N) is 3. The van der Waals surface area contributed by atoms with Gasteiger partial charge in [-0.15, -0.1) is 0 Å². The lowest BCUT2D eigenvalue weighted by molar-refractivity contribution is 0.0964. The molecule has 0 unspecified atom stereocenters. The summed E-state index contributed by atoms with van der Waals surface area (Å²) in [5.74, 6) is -0.256. The Hall–Kier alpha value is -5.67. The first-order chi connectivity index (χ1) is 21.5. The minimum absolute atomic E-state index is 0.197. The van der Waals surface area contributed by atoms with Crippen molar-refractivity contribution in [2.45, 2.75) is 0 Å². The molecule has 0 bridgehead atoms. The summed E-state index contributed by atoms with van der Waals surface area (Å²) in [6.07, 6.45) is 1.08. The summed E-state index contributed by atoms with van der Waals surface area (Å²) in [6.45, 7) is 0. The van der Waals surface area contributed by atoms with E-state index in [2.05, 4.69) is 16.4 Å². The van der Waals surface area contributed by atoms with Gasteiger partial charge in [0, 0.05) is 47.6 Å². The molecule has 45 heavy (non-hydrogen) atoms. The van der Waals surface area contributed by atoms with Gasteiger partial charge in [-0.05, 0) is 60.7 Å². The first-order valence-electron chi connectivity index (χ1n) is 13.6. The zero-order chi connectivity index (χ0) is 32.0. The lowest BCUT2D eigenvalue weighted by Crippen LogP contribution is -2.25. The molecule has 226 valence electrons. The number of amides is 1. The molecule has 3 aromatic heterocycles. The number of aromatic nitrogens is 2. The van der Waals surface area contributed by atoms with Crippen LogP contribution in [-0.2, 0) is 10.0 Å². The highest BCUT2D eigenvalue weighted by molar-refractivity contribution is 7.92. The molecule has 0 aliphatic rings. The number of aromatic amines is 1. The number of benzene rings is 3. The summed E-state index contributed by atoms with van der Waals surface area (Å²) in [5, 5.41) is 13.3. The van der Waals surface area contributed by atoms with Crippen LogP contribution in [0.1, 0.15) is 15.9 Å². The molecule has 0 radical (unpaired) electrons. The largest absolute Gasteiger partial charge is 0.494 e. The lowest BCUT2D eigenvalue weighted by atomic mass is 10.0. The Morgan fingerprint density at radius 2 is 1.84 bits per heavy atom. The van der Waals surface area contributed by atoms with E-state index in [0.717, 1.165) is 16.1 Å². The topological polar surface area (TPSA) is 141 Å². The number of H-pyrrole nitrogens is 1. The van der Waals surface area contributed by atoms with Crippen molar-refractivity contribution in [3.05, 3.63) is 89.7 Å². The maximum atomic E-state index is 13.7. The van der Waals surface area contributed by atoms with Gasteiger partial charge in [0.15, 0.2) is 0 Å². The highest BCUT2D eigenvalue weighted by Crippen LogP contribution is 2.42. The maximum Gasteiger partial charge on any atom is 0.255 e. The van der Waals surface area contributed by atoms with Crippen molar-refractivity contribution in [2.24, 2.45) is 0 Å². The van der Waals surface area contributed by atoms with Crippen LogP contribution in [0, 0.1) is 17.1 Å². The van der Waals surface area contributed by atoms with Gasteiger partial charge in [0.25, 0.3) is 5.91 Å². The molecule has 0 saturated heterocycles. The summed E-state index contributed by atoms with van der Waals surface area (Å²) in [5.41, 5.74) is 4.16. The monoisotopic (exact) mass is 623 g/mol. The fraction of sp³-hybridized carbons (Fsp3) is 0.121. The van der Waals surface area contributed by atoms with E-state index in [1.54, 1.807) is 36.4 Å². The predicted octanol–water partition coefficient (Wildman–Crippen LogP) is 6.08. The number of carbonyl (C=O) groups is 1. The number of rotatable bonds is 7. The predicted molar refractivity (Wildman–Crippen MR) is 170 cm³/mol. The minimum atomic E-state index is -3.75. The number of fused-ring (bicyclic) bond motifs is 2. The fourth-order valence-electron chi connectivity index (χ4n) is 5.27. The van der Waals surface area contributed by atoms with Crippen LogP contribution >= 0.6 is 0 Å². The molecular weight excluding hydrogens is 597 g/mol. The summed E-state index contributed by atoms with van der Waals surface area (Å²) in [6, 6.07) is 21.5. The van der Waals surface area contributed by atoms with E-state index in [0.29, 0.717) is 50.3 Å². The number of halogens is 1. The van der Waals surface area contributed by atoms with E-state index in [1.807, 2.05) is 12.1 Å². The van der Waals surface area contributed by atoms with Gasteiger partial charge in [0.2, 0.25) is 10.0 Å². The van der Waals surface area contributed by atoms with E-state index in [9.17, 15) is 22.9 Å². The molecular formula is C33H26FN5O5S. The van der Waals surface area contributed by atoms with Gasteiger partial charge in [-0.1, -0.05) is 6.07 Å². The second-order valence-corrected chi connectivity index (χ2v) is 12.3. The Bertz CT molecular complexity index is 2290. The highest BCUT2D eigenvalue weighted by Gasteiger charge is 2.27. The number of sulfonamides is 1. The number of nitrogens with one attached hydrogen (secondary N) is 2. The molecule has 2 N–H and O–H groups in total. The zero-order valence-electron chi connectivity index (χ0n) is 24.6. The number of hydrogen-bond donors (Lipinski definition) is 2. The molecule has 3 heterocycles. The molecule has 6 rings (SSSR count). The number of pyridine rings is 1. The number of hydrogen-bond acceptors (Lipinski definition) is 7. The second kappa shape index (κ2) is 11.1. The van der Waals surface area contributed by atoms with E-state index in [1.165, 1.54) is 45.5 Å². The van der Waals surface area contributed by atoms with Crippen molar-refractivity contribution < 1.29 is 26.8 Å². The quantitative estimate of drug-likeness (QED) is 0.219. The second-order valence-electron chi connectivity index (χ2n) is 10.3. The Morgan fingerprint density at radius 3 is 2.51 bits per heavy atom. The summed E-state index contributed by atoms with van der Waals surface area (Å²) in [7, 11) is 0.651. The average molecular weight is 624 g/mol. The number of anilines is 1. The van der Waals surface area contributed by atoms with Crippen molar-refractivity contribution in [1.29, 1.82) is 5.26 Å². The molecule has 6 aromatic rings. The molecule has 3 aromatic carbocycles. The van der Waals surface area contributed by atoms with Gasteiger partial charge in [-0.2, -0.15) is 5.26 Å². The molecule has 0 aliphatic heterocycles. The van der Waals surface area contributed by atoms with E-state index in [4.69, 9.17) is 14.1 Å². The van der Waals surface area contributed by atoms with Crippen molar-refractivity contribution in [3.63, 3.8) is 0 Å². The average Bonchev–Trinajstić information content (AvgIpc) is 3.64. The summed E-state index contributed by atoms with van der Waals surface area (Å²) < 4.78 is 52.2. The molecule has 0 aliphatic carbocycles. The van der Waals surface area contributed by atoms with Crippen LogP contribution < -0.4 is 14.4 Å². The van der Waals surface area contributed by atoms with Crippen molar-refractivity contribution in [3.8, 4) is 45.8 Å². The summed E-state index contributed by atoms with van der Waals surface area (Å²) in [4.78, 5) is 21.4. The van der Waals surface area contributed by atoms with Gasteiger partial charge < -0.3 is 19.5 Å². The molecule has 12 heteroatoms. The molecule has 0 spiro atoms. The Balaban J connectivity index is 1.64. The molecule has 1 amide bonds. The Labute approximate surface area is 257 Å². The number of methoxy groups -OCH3 is 1. The summed E-state index contributed by atoms with van der Waals surface area (Å²) >= 11 is 0.